The number of unbranched alkanes of at least 4 members (excludes halogenated alkanes) is 1. The molecule has 0 aromatic heterocycles. The maximum atomic E-state index is 9.90. The third-order valence-electron chi connectivity index (χ3n) is 1.84. The van der Waals surface area contributed by atoms with Gasteiger partial charge in [-0.15, -0.1) is 0 Å². The molecule has 0 heterocycles. The Kier molecular flexibility index (Phi) is 10.8. The van der Waals surface area contributed by atoms with E-state index < -0.39 is 36.1 Å². The lowest BCUT2D eigenvalue weighted by Gasteiger charge is -2.07. The van der Waals surface area contributed by atoms with Gasteiger partial charge in [-0.3, -0.25) is 9.59 Å². The van der Waals surface area contributed by atoms with Gasteiger partial charge in [-0.2, -0.15) is 0 Å². The molecule has 10 nitrogen and oxygen atoms in total. The quantitative estimate of drug-likeness (QED) is 0.290. The van der Waals surface area contributed by atoms with E-state index in [2.05, 4.69) is 0 Å². The fourth-order valence-corrected chi connectivity index (χ4v) is 0.823. The molecule has 6 N–H and O–H groups in total. The predicted octanol–water partition coefficient (Wildman–Crippen LogP) is -1.41. The summed E-state index contributed by atoms with van der Waals surface area (Å²) in [5, 5.41) is 48.8. The van der Waals surface area contributed by atoms with Crippen molar-refractivity contribution in [3.63, 3.8) is 0 Å². The fourth-order valence-electron chi connectivity index (χ4n) is 0.823. The lowest BCUT2D eigenvalue weighted by Crippen LogP contribution is -2.39. The second kappa shape index (κ2) is 10.7. The number of carbonyl (C=O) groups is 4. The van der Waals surface area contributed by atoms with Gasteiger partial charge >= 0.3 is 23.9 Å². The molecule has 2 unspecified atom stereocenters. The maximum absolute atomic E-state index is 9.90. The highest BCUT2D eigenvalue weighted by Gasteiger charge is 2.29. The van der Waals surface area contributed by atoms with Crippen LogP contribution in [-0.2, 0) is 19.2 Å². The molecule has 116 valence electrons. The predicted molar refractivity (Wildman–Crippen MR) is 61.0 cm³/mol. The molecular formula is C10H16O10. The highest BCUT2D eigenvalue weighted by atomic mass is 16.4. The van der Waals surface area contributed by atoms with Crippen LogP contribution in [0.25, 0.3) is 0 Å². The first-order valence-electron chi connectivity index (χ1n) is 5.35. The molecule has 0 amide bonds. The zero-order chi connectivity index (χ0) is 16.3. The number of hydrogen-bond donors (Lipinski definition) is 6. The molecule has 0 radical (unpaired) electrons. The summed E-state index contributed by atoms with van der Waals surface area (Å²) in [5.74, 6) is -5.28. The number of rotatable bonds is 8. The van der Waals surface area contributed by atoms with Crippen molar-refractivity contribution in [2.24, 2.45) is 0 Å². The average Bonchev–Trinajstić information content (AvgIpc) is 2.32. The van der Waals surface area contributed by atoms with E-state index in [-0.39, 0.29) is 12.8 Å². The normalized spacial score (nSPS) is 12.5. The van der Waals surface area contributed by atoms with E-state index in [9.17, 15) is 19.2 Å². The van der Waals surface area contributed by atoms with Crippen molar-refractivity contribution < 1.29 is 49.8 Å². The van der Waals surface area contributed by atoms with Crippen molar-refractivity contribution in [2.45, 2.75) is 37.9 Å². The Morgan fingerprint density at radius 2 is 0.900 bits per heavy atom. The van der Waals surface area contributed by atoms with Crippen LogP contribution in [0.4, 0.5) is 0 Å². The molecule has 10 heteroatoms. The summed E-state index contributed by atoms with van der Waals surface area (Å²) in [4.78, 5) is 39.3. The van der Waals surface area contributed by atoms with Crippen LogP contribution in [0.3, 0.4) is 0 Å². The fraction of sp³-hybridized carbons (Fsp3) is 0.600. The minimum atomic E-state index is -2.27. The standard InChI is InChI=1S/C6H10O4.C4H6O6/c7-5(8)3-1-2-4-6(9)10;5-1(3(7)8)2(6)4(9)10/h1-4H2,(H,7,8)(H,9,10);1-2,5-6H,(H,7,8)(H,9,10). The monoisotopic (exact) mass is 296 g/mol. The van der Waals surface area contributed by atoms with Gasteiger partial charge in [-0.05, 0) is 12.8 Å². The molecule has 20 heavy (non-hydrogen) atoms. The van der Waals surface area contributed by atoms with Crippen molar-refractivity contribution in [2.75, 3.05) is 0 Å². The molecule has 2 atom stereocenters. The summed E-state index contributed by atoms with van der Waals surface area (Å²) >= 11 is 0. The molecule has 0 saturated heterocycles. The van der Waals surface area contributed by atoms with Gasteiger partial charge < -0.3 is 30.6 Å². The van der Waals surface area contributed by atoms with Crippen molar-refractivity contribution in [3.05, 3.63) is 0 Å². The van der Waals surface area contributed by atoms with Crippen LogP contribution < -0.4 is 0 Å². The highest BCUT2D eigenvalue weighted by molar-refractivity contribution is 5.83. The molecular weight excluding hydrogens is 280 g/mol. The number of hydrogen-bond acceptors (Lipinski definition) is 6. The van der Waals surface area contributed by atoms with Crippen LogP contribution in [-0.4, -0.2) is 66.7 Å². The summed E-state index contributed by atoms with van der Waals surface area (Å²) < 4.78 is 0. The van der Waals surface area contributed by atoms with Gasteiger partial charge in [0.15, 0.2) is 12.2 Å². The average molecular weight is 296 g/mol. The summed E-state index contributed by atoms with van der Waals surface area (Å²) in [5.41, 5.74) is 0. The van der Waals surface area contributed by atoms with Crippen LogP contribution in [0.15, 0.2) is 0 Å². The largest absolute Gasteiger partial charge is 0.481 e. The first-order chi connectivity index (χ1) is 9.09. The molecule has 0 aliphatic heterocycles. The first kappa shape index (κ1) is 20.1. The molecule has 0 aliphatic carbocycles. The van der Waals surface area contributed by atoms with Gasteiger partial charge in [0.2, 0.25) is 0 Å². The van der Waals surface area contributed by atoms with Crippen molar-refractivity contribution >= 4 is 23.9 Å². The molecule has 0 bridgehead atoms. The van der Waals surface area contributed by atoms with E-state index in [1.807, 2.05) is 0 Å². The minimum Gasteiger partial charge on any atom is -0.481 e. The Bertz CT molecular complexity index is 316. The third-order valence-corrected chi connectivity index (χ3v) is 1.84. The summed E-state index contributed by atoms with van der Waals surface area (Å²) in [6.07, 6.45) is -3.51. The van der Waals surface area contributed by atoms with Crippen molar-refractivity contribution in [1.82, 2.24) is 0 Å². The Morgan fingerprint density at radius 1 is 0.650 bits per heavy atom. The molecule has 0 aliphatic rings. The molecule has 0 aromatic carbocycles. The van der Waals surface area contributed by atoms with Crippen LogP contribution in [0.1, 0.15) is 25.7 Å². The van der Waals surface area contributed by atoms with Gasteiger partial charge in [0.25, 0.3) is 0 Å². The van der Waals surface area contributed by atoms with E-state index in [0.29, 0.717) is 12.8 Å². The van der Waals surface area contributed by atoms with Crippen LogP contribution in [0, 0.1) is 0 Å². The summed E-state index contributed by atoms with van der Waals surface area (Å²) in [7, 11) is 0. The van der Waals surface area contributed by atoms with Crippen LogP contribution in [0.5, 0.6) is 0 Å². The molecule has 0 spiro atoms. The molecule has 0 rings (SSSR count). The van der Waals surface area contributed by atoms with Crippen molar-refractivity contribution in [3.8, 4) is 0 Å². The van der Waals surface area contributed by atoms with Gasteiger partial charge in [0, 0.05) is 12.8 Å². The van der Waals surface area contributed by atoms with Gasteiger partial charge in [-0.25, -0.2) is 9.59 Å². The van der Waals surface area contributed by atoms with Crippen molar-refractivity contribution in [1.29, 1.82) is 0 Å². The maximum Gasteiger partial charge on any atom is 0.335 e. The minimum absolute atomic E-state index is 0.0628. The lowest BCUT2D eigenvalue weighted by atomic mass is 10.2. The second-order valence-electron chi connectivity index (χ2n) is 3.56. The second-order valence-corrected chi connectivity index (χ2v) is 3.56. The van der Waals surface area contributed by atoms with E-state index >= 15 is 0 Å². The van der Waals surface area contributed by atoms with E-state index in [1.54, 1.807) is 0 Å². The zero-order valence-electron chi connectivity index (χ0n) is 10.3. The summed E-state index contributed by atoms with van der Waals surface area (Å²) in [6, 6.07) is 0. The molecule has 0 fully saturated rings. The zero-order valence-corrected chi connectivity index (χ0v) is 10.3. The number of aliphatic carboxylic acids is 4. The molecule has 0 saturated carbocycles. The number of aliphatic hydroxyl groups is 2. The Hall–Kier alpha value is -2.20. The molecule has 0 aromatic rings. The third kappa shape index (κ3) is 12.3. The highest BCUT2D eigenvalue weighted by Crippen LogP contribution is 1.98. The van der Waals surface area contributed by atoms with Gasteiger partial charge in [-0.1, -0.05) is 0 Å². The smallest absolute Gasteiger partial charge is 0.335 e. The number of carboxylic acids is 4. The van der Waals surface area contributed by atoms with Gasteiger partial charge in [0.05, 0.1) is 0 Å². The number of aliphatic hydroxyl groups excluding tert-OH is 2. The topological polar surface area (TPSA) is 190 Å². The van der Waals surface area contributed by atoms with E-state index in [4.69, 9.17) is 30.6 Å². The first-order valence-corrected chi connectivity index (χ1v) is 5.35. The lowest BCUT2D eigenvalue weighted by molar-refractivity contribution is -0.165. The van der Waals surface area contributed by atoms with Crippen LogP contribution in [0.2, 0.25) is 0 Å². The van der Waals surface area contributed by atoms with E-state index in [0.717, 1.165) is 0 Å². The summed E-state index contributed by atoms with van der Waals surface area (Å²) in [6.45, 7) is 0. The van der Waals surface area contributed by atoms with Crippen LogP contribution >= 0.6 is 0 Å². The Labute approximate surface area is 112 Å². The van der Waals surface area contributed by atoms with Gasteiger partial charge in [0.1, 0.15) is 0 Å². The SMILES string of the molecule is O=C(O)C(O)C(O)C(=O)O.O=C(O)CCCCC(=O)O. The number of carboxylic acid groups (broad SMARTS) is 4. The Balaban J connectivity index is 0. The van der Waals surface area contributed by atoms with E-state index in [1.165, 1.54) is 0 Å². The Morgan fingerprint density at radius 3 is 1.05 bits per heavy atom.